The van der Waals surface area contributed by atoms with Crippen molar-refractivity contribution < 1.29 is 23.9 Å². The second-order valence-electron chi connectivity index (χ2n) is 11.4. The van der Waals surface area contributed by atoms with Gasteiger partial charge in [0.05, 0.1) is 37.2 Å². The fraction of sp³-hybridized carbons (Fsp3) is 0.389. The average Bonchev–Trinajstić information content (AvgIpc) is 3.42. The number of ether oxygens (including phenoxy) is 2. The first kappa shape index (κ1) is 35.6. The summed E-state index contributed by atoms with van der Waals surface area (Å²) in [5, 5.41) is 14.0. The van der Waals surface area contributed by atoms with Crippen LogP contribution in [0.2, 0.25) is 0 Å². The predicted molar refractivity (Wildman–Crippen MR) is 186 cm³/mol. The molecule has 0 atom stereocenters. The number of esters is 1. The number of imidazole rings is 1. The number of amides is 2. The van der Waals surface area contributed by atoms with Crippen LogP contribution in [0.25, 0.3) is 11.0 Å². The van der Waals surface area contributed by atoms with Gasteiger partial charge in [-0.3, -0.25) is 25.2 Å². The highest BCUT2D eigenvalue weighted by atomic mass is 16.5. The van der Waals surface area contributed by atoms with E-state index in [-0.39, 0.29) is 30.7 Å². The van der Waals surface area contributed by atoms with Gasteiger partial charge in [-0.2, -0.15) is 0 Å². The van der Waals surface area contributed by atoms with Crippen molar-refractivity contribution in [3.8, 4) is 0 Å². The predicted octanol–water partition coefficient (Wildman–Crippen LogP) is 6.59. The molecular weight excluding hydrogens is 610 g/mol. The number of rotatable bonds is 17. The summed E-state index contributed by atoms with van der Waals surface area (Å²) in [6, 6.07) is 17.8. The highest BCUT2D eigenvalue weighted by Gasteiger charge is 2.21. The van der Waals surface area contributed by atoms with Crippen molar-refractivity contribution in [2.45, 2.75) is 65.3 Å². The molecule has 0 saturated heterocycles. The van der Waals surface area contributed by atoms with E-state index in [1.54, 1.807) is 48.7 Å². The number of carbonyl (C=O) groups is 3. The smallest absolute Gasteiger partial charge is 0.412 e. The largest absolute Gasteiger partial charge is 0.466 e. The molecule has 12 heteroatoms. The molecule has 0 aliphatic rings. The van der Waals surface area contributed by atoms with Gasteiger partial charge >= 0.3 is 12.1 Å². The number of pyridine rings is 1. The van der Waals surface area contributed by atoms with Crippen molar-refractivity contribution in [2.24, 2.45) is 7.05 Å². The molecule has 0 aliphatic heterocycles. The van der Waals surface area contributed by atoms with Gasteiger partial charge in [-0.15, -0.1) is 0 Å². The van der Waals surface area contributed by atoms with E-state index >= 15 is 0 Å². The van der Waals surface area contributed by atoms with Crippen LogP contribution in [0.1, 0.15) is 80.5 Å². The molecule has 0 spiro atoms. The first-order valence-electron chi connectivity index (χ1n) is 16.5. The van der Waals surface area contributed by atoms with Crippen molar-refractivity contribution in [3.05, 3.63) is 83.8 Å². The minimum Gasteiger partial charge on any atom is -0.466 e. The number of hydrogen-bond donors (Lipinski definition) is 3. The maximum Gasteiger partial charge on any atom is 0.412 e. The van der Waals surface area contributed by atoms with Gasteiger partial charge in [0, 0.05) is 36.6 Å². The maximum atomic E-state index is 13.7. The molecule has 0 bridgehead atoms. The third-order valence-electron chi connectivity index (χ3n) is 7.77. The Hall–Kier alpha value is -5.26. The molecule has 2 aromatic carbocycles. The quantitative estimate of drug-likeness (QED) is 0.0499. The summed E-state index contributed by atoms with van der Waals surface area (Å²) >= 11 is 0. The standard InChI is InChI=1S/C36H45N7O5/c1-4-6-8-11-23-48-36(46)41-34(37)26-13-16-28(17-14-26)39-25-32-40-29-24-27(15-18-30(29)42(32)3)35(45)43(31-12-9-10-20-38-31)21-19-33(44)47-22-7-5-2/h9-10,12-18,20,24,39H,4-8,11,19,21-23,25H2,1-3H3,(H2,37,41,46). The highest BCUT2D eigenvalue weighted by Crippen LogP contribution is 2.21. The lowest BCUT2D eigenvalue weighted by Gasteiger charge is -2.21. The van der Waals surface area contributed by atoms with E-state index in [0.29, 0.717) is 42.2 Å². The summed E-state index contributed by atoms with van der Waals surface area (Å²) in [5.41, 5.74) is 3.31. The first-order valence-corrected chi connectivity index (χ1v) is 16.5. The minimum absolute atomic E-state index is 0.0330. The lowest BCUT2D eigenvalue weighted by atomic mass is 10.1. The molecule has 0 fully saturated rings. The molecule has 3 N–H and O–H groups in total. The molecular formula is C36H45N7O5. The van der Waals surface area contributed by atoms with Crippen molar-refractivity contribution >= 4 is 46.3 Å². The number of benzene rings is 2. The zero-order valence-electron chi connectivity index (χ0n) is 28.0. The molecule has 254 valence electrons. The van der Waals surface area contributed by atoms with Crippen LogP contribution in [0.15, 0.2) is 66.9 Å². The molecule has 48 heavy (non-hydrogen) atoms. The van der Waals surface area contributed by atoms with Crippen molar-refractivity contribution in [3.63, 3.8) is 0 Å². The Labute approximate surface area is 281 Å². The molecule has 0 saturated carbocycles. The summed E-state index contributed by atoms with van der Waals surface area (Å²) in [5.74, 6) is 0.528. The van der Waals surface area contributed by atoms with Crippen molar-refractivity contribution in [2.75, 3.05) is 30.0 Å². The summed E-state index contributed by atoms with van der Waals surface area (Å²) in [4.78, 5) is 48.7. The summed E-state index contributed by atoms with van der Waals surface area (Å²) in [6.07, 6.45) is 6.79. The van der Waals surface area contributed by atoms with Crippen LogP contribution < -0.4 is 15.5 Å². The van der Waals surface area contributed by atoms with Gasteiger partial charge in [-0.1, -0.05) is 45.6 Å². The molecule has 2 amide bonds. The topological polar surface area (TPSA) is 152 Å². The second-order valence-corrected chi connectivity index (χ2v) is 11.4. The number of unbranched alkanes of at least 4 members (excludes halogenated alkanes) is 4. The molecule has 0 unspecified atom stereocenters. The van der Waals surface area contributed by atoms with Crippen molar-refractivity contribution in [1.82, 2.24) is 19.9 Å². The average molecular weight is 656 g/mol. The van der Waals surface area contributed by atoms with Crippen LogP contribution in [0.3, 0.4) is 0 Å². The third-order valence-corrected chi connectivity index (χ3v) is 7.77. The van der Waals surface area contributed by atoms with Gasteiger partial charge in [0.15, 0.2) is 0 Å². The van der Waals surface area contributed by atoms with Crippen LogP contribution in [0.4, 0.5) is 16.3 Å². The molecule has 4 rings (SSSR count). The lowest BCUT2D eigenvalue weighted by Crippen LogP contribution is -2.34. The van der Waals surface area contributed by atoms with Crippen LogP contribution in [-0.4, -0.2) is 58.1 Å². The van der Waals surface area contributed by atoms with E-state index < -0.39 is 6.09 Å². The Kier molecular flexibility index (Phi) is 13.5. The minimum atomic E-state index is -0.627. The van der Waals surface area contributed by atoms with Crippen LogP contribution in [0.5, 0.6) is 0 Å². The SMILES string of the molecule is CCCCCCOC(=O)NC(=N)c1ccc(NCc2nc3cc(C(=O)N(CCC(=O)OCCCC)c4ccccn4)ccc3n2C)cc1. The van der Waals surface area contributed by atoms with Crippen LogP contribution in [-0.2, 0) is 27.9 Å². The number of aryl methyl sites for hydroxylation is 1. The maximum absolute atomic E-state index is 13.7. The molecule has 0 radical (unpaired) electrons. The Balaban J connectivity index is 1.37. The summed E-state index contributed by atoms with van der Waals surface area (Å²) in [6.45, 7) is 5.39. The van der Waals surface area contributed by atoms with E-state index in [0.717, 1.165) is 55.6 Å². The van der Waals surface area contributed by atoms with Crippen LogP contribution in [0, 0.1) is 5.41 Å². The van der Waals surface area contributed by atoms with Gasteiger partial charge in [0.1, 0.15) is 17.5 Å². The summed E-state index contributed by atoms with van der Waals surface area (Å²) in [7, 11) is 1.91. The number of amidine groups is 1. The van der Waals surface area contributed by atoms with Gasteiger partial charge < -0.3 is 19.4 Å². The van der Waals surface area contributed by atoms with E-state index in [9.17, 15) is 14.4 Å². The van der Waals surface area contributed by atoms with Gasteiger partial charge in [0.25, 0.3) is 5.91 Å². The zero-order valence-corrected chi connectivity index (χ0v) is 28.0. The number of nitrogens with one attached hydrogen (secondary N) is 3. The number of fused-ring (bicyclic) bond motifs is 1. The van der Waals surface area contributed by atoms with Crippen LogP contribution >= 0.6 is 0 Å². The normalized spacial score (nSPS) is 10.8. The van der Waals surface area contributed by atoms with E-state index in [1.807, 2.05) is 36.7 Å². The fourth-order valence-electron chi connectivity index (χ4n) is 4.98. The van der Waals surface area contributed by atoms with E-state index in [1.165, 1.54) is 4.90 Å². The number of alkyl carbamates (subject to hydrolysis) is 1. The van der Waals surface area contributed by atoms with Gasteiger partial charge in [0.2, 0.25) is 0 Å². The summed E-state index contributed by atoms with van der Waals surface area (Å²) < 4.78 is 12.4. The van der Waals surface area contributed by atoms with Crippen molar-refractivity contribution in [1.29, 1.82) is 5.41 Å². The Morgan fingerprint density at radius 3 is 2.38 bits per heavy atom. The molecule has 4 aromatic rings. The molecule has 0 aliphatic carbocycles. The number of anilines is 2. The van der Waals surface area contributed by atoms with E-state index in [2.05, 4.69) is 22.5 Å². The molecule has 2 heterocycles. The van der Waals surface area contributed by atoms with Gasteiger partial charge in [-0.25, -0.2) is 14.8 Å². The second kappa shape index (κ2) is 18.2. The Bertz CT molecular complexity index is 1670. The molecule has 12 nitrogen and oxygen atoms in total. The number of carbonyl (C=O) groups excluding carboxylic acids is 3. The number of hydrogen-bond acceptors (Lipinski definition) is 9. The number of nitrogens with zero attached hydrogens (tertiary/aromatic N) is 4. The Morgan fingerprint density at radius 2 is 1.65 bits per heavy atom. The monoisotopic (exact) mass is 655 g/mol. The Morgan fingerprint density at radius 1 is 0.896 bits per heavy atom. The van der Waals surface area contributed by atoms with Gasteiger partial charge in [-0.05, 0) is 67.4 Å². The first-order chi connectivity index (χ1) is 23.3. The lowest BCUT2D eigenvalue weighted by molar-refractivity contribution is -0.143. The number of aromatic nitrogens is 3. The highest BCUT2D eigenvalue weighted by molar-refractivity contribution is 6.07. The van der Waals surface area contributed by atoms with E-state index in [4.69, 9.17) is 19.9 Å². The fourth-order valence-corrected chi connectivity index (χ4v) is 4.98. The molecule has 2 aromatic heterocycles. The third kappa shape index (κ3) is 10.1. The zero-order chi connectivity index (χ0) is 34.3.